The van der Waals surface area contributed by atoms with Crippen LogP contribution in [0.4, 0.5) is 11.6 Å². The Morgan fingerprint density at radius 1 is 1.12 bits per heavy atom. The number of allylic oxidation sites excluding steroid dienone is 2. The molecule has 1 aromatic heterocycles. The maximum atomic E-state index is 13.3. The Labute approximate surface area is 187 Å². The number of hydrogen-bond acceptors (Lipinski definition) is 6. The molecule has 7 heteroatoms. The molecule has 5 rings (SSSR count). The number of aromatic hydroxyl groups is 1. The number of hydrogen-bond donors (Lipinski definition) is 2. The zero-order valence-corrected chi connectivity index (χ0v) is 18.8. The number of carbonyl (C=O) groups is 1. The highest BCUT2D eigenvalue weighted by molar-refractivity contribution is 6.00. The highest BCUT2D eigenvalue weighted by atomic mass is 16.3. The number of carbonyl (C=O) groups excluding carboxylic acids is 1. The monoisotopic (exact) mass is 429 g/mol. The van der Waals surface area contributed by atoms with E-state index in [0.29, 0.717) is 23.8 Å². The van der Waals surface area contributed by atoms with Crippen molar-refractivity contribution >= 4 is 17.4 Å². The molecule has 0 spiro atoms. The molecule has 1 atom stereocenters. The second-order valence-corrected chi connectivity index (χ2v) is 9.60. The molecule has 2 aromatic carbocycles. The van der Waals surface area contributed by atoms with Gasteiger partial charge in [0.1, 0.15) is 11.8 Å². The lowest BCUT2D eigenvalue weighted by molar-refractivity contribution is -0.118. The molecule has 2 aliphatic rings. The molecule has 7 nitrogen and oxygen atoms in total. The molecule has 1 aliphatic heterocycles. The summed E-state index contributed by atoms with van der Waals surface area (Å²) >= 11 is 0. The second-order valence-electron chi connectivity index (χ2n) is 9.60. The molecule has 3 aromatic rings. The largest absolute Gasteiger partial charge is 0.508 e. The molecule has 0 radical (unpaired) electrons. The normalized spacial score (nSPS) is 19.2. The van der Waals surface area contributed by atoms with Gasteiger partial charge in [0.2, 0.25) is 5.95 Å². The summed E-state index contributed by atoms with van der Waals surface area (Å²) in [5.74, 6) is 1.46. The van der Waals surface area contributed by atoms with Crippen LogP contribution in [0, 0.1) is 5.41 Å². The van der Waals surface area contributed by atoms with Crippen molar-refractivity contribution in [1.82, 2.24) is 14.8 Å². The number of ketones is 1. The lowest BCUT2D eigenvalue weighted by Crippen LogP contribution is -2.36. The van der Waals surface area contributed by atoms with E-state index in [2.05, 4.69) is 19.2 Å². The van der Waals surface area contributed by atoms with Crippen LogP contribution < -0.4 is 10.2 Å². The van der Waals surface area contributed by atoms with E-state index in [1.165, 1.54) is 0 Å². The van der Waals surface area contributed by atoms with E-state index in [0.717, 1.165) is 28.9 Å². The number of phenolic OH excluding ortho intramolecular Hbond substituents is 1. The summed E-state index contributed by atoms with van der Waals surface area (Å²) in [5, 5.41) is 18.3. The summed E-state index contributed by atoms with van der Waals surface area (Å²) in [6, 6.07) is 14.7. The number of fused-ring (bicyclic) bond motifs is 1. The molecule has 0 bridgehead atoms. The van der Waals surface area contributed by atoms with Crippen LogP contribution in [0.1, 0.15) is 38.3 Å². The van der Waals surface area contributed by atoms with E-state index in [9.17, 15) is 9.90 Å². The van der Waals surface area contributed by atoms with Crippen molar-refractivity contribution in [3.05, 3.63) is 65.4 Å². The van der Waals surface area contributed by atoms with Crippen LogP contribution in [0.25, 0.3) is 11.4 Å². The minimum atomic E-state index is -0.431. The highest BCUT2D eigenvalue weighted by Gasteiger charge is 2.42. The average Bonchev–Trinajstić information content (AvgIpc) is 3.15. The van der Waals surface area contributed by atoms with E-state index in [4.69, 9.17) is 10.1 Å². The summed E-state index contributed by atoms with van der Waals surface area (Å²) in [6.45, 7) is 4.22. The molecule has 2 N–H and O–H groups in total. The Kier molecular flexibility index (Phi) is 4.58. The van der Waals surface area contributed by atoms with Gasteiger partial charge in [0.05, 0.1) is 0 Å². The van der Waals surface area contributed by atoms with Crippen molar-refractivity contribution in [3.63, 3.8) is 0 Å². The fraction of sp³-hybridized carbons (Fsp3) is 0.320. The first-order chi connectivity index (χ1) is 15.2. The summed E-state index contributed by atoms with van der Waals surface area (Å²) in [4.78, 5) is 20.1. The summed E-state index contributed by atoms with van der Waals surface area (Å²) in [6.07, 6.45) is 1.23. The minimum Gasteiger partial charge on any atom is -0.508 e. The van der Waals surface area contributed by atoms with Gasteiger partial charge < -0.3 is 15.3 Å². The molecule has 2 heterocycles. The van der Waals surface area contributed by atoms with Gasteiger partial charge in [-0.05, 0) is 53.8 Å². The van der Waals surface area contributed by atoms with E-state index in [1.807, 2.05) is 49.3 Å². The van der Waals surface area contributed by atoms with Gasteiger partial charge in [0, 0.05) is 43.0 Å². The number of nitrogens with zero attached hydrogens (tertiary/aromatic N) is 4. The van der Waals surface area contributed by atoms with Gasteiger partial charge in [0.25, 0.3) is 0 Å². The van der Waals surface area contributed by atoms with Crippen LogP contribution in [0.3, 0.4) is 0 Å². The van der Waals surface area contributed by atoms with E-state index < -0.39 is 6.04 Å². The van der Waals surface area contributed by atoms with Crippen LogP contribution in [-0.2, 0) is 4.79 Å². The SMILES string of the molecule is CN(C)c1ccc(-c2nc3n(n2)C(c2cccc(O)c2)C2=C(CC(C)(C)CC2=O)N3)cc1. The van der Waals surface area contributed by atoms with Crippen LogP contribution in [-0.4, -0.2) is 39.7 Å². The Morgan fingerprint density at radius 2 is 1.88 bits per heavy atom. The molecule has 0 fully saturated rings. The van der Waals surface area contributed by atoms with Crippen molar-refractivity contribution in [2.75, 3.05) is 24.3 Å². The molecule has 164 valence electrons. The molecule has 32 heavy (non-hydrogen) atoms. The van der Waals surface area contributed by atoms with Gasteiger partial charge in [0.15, 0.2) is 11.6 Å². The predicted octanol–water partition coefficient (Wildman–Crippen LogP) is 4.37. The van der Waals surface area contributed by atoms with Gasteiger partial charge >= 0.3 is 0 Å². The predicted molar refractivity (Wildman–Crippen MR) is 125 cm³/mol. The number of benzene rings is 2. The van der Waals surface area contributed by atoms with Gasteiger partial charge in [-0.2, -0.15) is 4.98 Å². The zero-order valence-electron chi connectivity index (χ0n) is 18.8. The van der Waals surface area contributed by atoms with E-state index in [1.54, 1.807) is 22.9 Å². The number of rotatable bonds is 3. The zero-order chi connectivity index (χ0) is 22.6. The third-order valence-electron chi connectivity index (χ3n) is 6.16. The topological polar surface area (TPSA) is 83.3 Å². The standard InChI is InChI=1S/C25H27N5O2/c1-25(2)13-19-21(20(32)14-25)22(16-6-5-7-18(31)12-16)30-24(26-19)27-23(28-30)15-8-10-17(11-9-15)29(3)4/h5-12,22,31H,13-14H2,1-4H3,(H,26,27,28). The van der Waals surface area contributed by atoms with Gasteiger partial charge in [-0.1, -0.05) is 26.0 Å². The van der Waals surface area contributed by atoms with Crippen LogP contribution in [0.15, 0.2) is 59.8 Å². The Morgan fingerprint density at radius 3 is 2.56 bits per heavy atom. The van der Waals surface area contributed by atoms with Gasteiger partial charge in [-0.3, -0.25) is 4.79 Å². The first kappa shape index (κ1) is 20.3. The fourth-order valence-electron chi connectivity index (χ4n) is 4.64. The molecule has 0 amide bonds. The van der Waals surface area contributed by atoms with Gasteiger partial charge in [-0.25, -0.2) is 4.68 Å². The maximum Gasteiger partial charge on any atom is 0.226 e. The smallest absolute Gasteiger partial charge is 0.226 e. The van der Waals surface area contributed by atoms with Crippen LogP contribution in [0.2, 0.25) is 0 Å². The number of aromatic nitrogens is 3. The molecule has 0 saturated carbocycles. The third-order valence-corrected chi connectivity index (χ3v) is 6.16. The molecular formula is C25H27N5O2. The van der Waals surface area contributed by atoms with E-state index >= 15 is 0 Å². The van der Waals surface area contributed by atoms with Crippen LogP contribution >= 0.6 is 0 Å². The molecular weight excluding hydrogens is 402 g/mol. The average molecular weight is 430 g/mol. The van der Waals surface area contributed by atoms with Crippen molar-refractivity contribution in [1.29, 1.82) is 0 Å². The van der Waals surface area contributed by atoms with Gasteiger partial charge in [-0.15, -0.1) is 5.10 Å². The van der Waals surface area contributed by atoms with Crippen LogP contribution in [0.5, 0.6) is 5.75 Å². The first-order valence-electron chi connectivity index (χ1n) is 10.8. The van der Waals surface area contributed by atoms with Crippen molar-refractivity contribution in [2.45, 2.75) is 32.7 Å². The molecule has 1 unspecified atom stereocenters. The van der Waals surface area contributed by atoms with E-state index in [-0.39, 0.29) is 16.9 Å². The first-order valence-corrected chi connectivity index (χ1v) is 10.8. The quantitative estimate of drug-likeness (QED) is 0.643. The lowest BCUT2D eigenvalue weighted by Gasteiger charge is -2.38. The van der Waals surface area contributed by atoms with Crippen molar-refractivity contribution < 1.29 is 9.90 Å². The summed E-state index contributed by atoms with van der Waals surface area (Å²) in [7, 11) is 4.00. The minimum absolute atomic E-state index is 0.107. The summed E-state index contributed by atoms with van der Waals surface area (Å²) < 4.78 is 1.78. The third kappa shape index (κ3) is 3.43. The number of anilines is 2. The Hall–Kier alpha value is -3.61. The highest BCUT2D eigenvalue weighted by Crippen LogP contribution is 2.46. The van der Waals surface area contributed by atoms with Crippen molar-refractivity contribution in [3.8, 4) is 17.1 Å². The lowest BCUT2D eigenvalue weighted by atomic mass is 9.73. The number of Topliss-reactive ketones (excluding diaryl/α,β-unsaturated/α-hetero) is 1. The maximum absolute atomic E-state index is 13.3. The fourth-order valence-corrected chi connectivity index (χ4v) is 4.64. The number of nitrogens with one attached hydrogen (secondary N) is 1. The molecule has 1 aliphatic carbocycles. The van der Waals surface area contributed by atoms with Crippen molar-refractivity contribution in [2.24, 2.45) is 5.41 Å². The molecule has 0 saturated heterocycles. The Balaban J connectivity index is 1.64. The Bertz CT molecular complexity index is 1240. The summed E-state index contributed by atoms with van der Waals surface area (Å²) in [5.41, 5.74) is 4.29. The number of phenols is 1. The second kappa shape index (κ2) is 7.22.